The van der Waals surface area contributed by atoms with Gasteiger partial charge in [0.15, 0.2) is 0 Å². The van der Waals surface area contributed by atoms with Gasteiger partial charge in [-0.25, -0.2) is 0 Å². The minimum absolute atomic E-state index is 0.169. The van der Waals surface area contributed by atoms with Gasteiger partial charge in [-0.15, -0.1) is 0 Å². The summed E-state index contributed by atoms with van der Waals surface area (Å²) >= 11 is 0. The Morgan fingerprint density at radius 3 is 2.14 bits per heavy atom. The zero-order valence-corrected chi connectivity index (χ0v) is 9.46. The van der Waals surface area contributed by atoms with Gasteiger partial charge in [0.1, 0.15) is 11.9 Å². The number of carbonyl (C=O) groups is 2. The second-order valence-electron chi connectivity index (χ2n) is 5.49. The average Bonchev–Trinajstić information content (AvgIpc) is 2.48. The third-order valence-electron chi connectivity index (χ3n) is 2.72. The van der Waals surface area contributed by atoms with Crippen LogP contribution in [0.15, 0.2) is 0 Å². The van der Waals surface area contributed by atoms with Crippen LogP contribution >= 0.6 is 0 Å². The molecule has 0 aromatic heterocycles. The summed E-state index contributed by atoms with van der Waals surface area (Å²) < 4.78 is 5.23. The molecule has 80 valence electrons. The van der Waals surface area contributed by atoms with Crippen LogP contribution < -0.4 is 0 Å². The molecule has 0 amide bonds. The smallest absolute Gasteiger partial charge is 0.310 e. The Morgan fingerprint density at radius 2 is 1.86 bits per heavy atom. The van der Waals surface area contributed by atoms with Gasteiger partial charge >= 0.3 is 5.97 Å². The van der Waals surface area contributed by atoms with E-state index >= 15 is 0 Å². The van der Waals surface area contributed by atoms with E-state index in [-0.39, 0.29) is 23.2 Å². The van der Waals surface area contributed by atoms with E-state index in [2.05, 4.69) is 0 Å². The minimum Gasteiger partial charge on any atom is -0.460 e. The van der Waals surface area contributed by atoms with Crippen LogP contribution in [-0.2, 0) is 14.3 Å². The number of hydrogen-bond donors (Lipinski definition) is 0. The van der Waals surface area contributed by atoms with E-state index in [9.17, 15) is 9.59 Å². The molecule has 1 aliphatic rings. The summed E-state index contributed by atoms with van der Waals surface area (Å²) in [6.45, 7) is 9.32. The Hall–Kier alpha value is -0.860. The molecular weight excluding hydrogens is 180 g/mol. The predicted octanol–water partition coefficient (Wildman–Crippen LogP) is 1.80. The molecule has 0 N–H and O–H groups in total. The van der Waals surface area contributed by atoms with E-state index in [4.69, 9.17) is 4.74 Å². The van der Waals surface area contributed by atoms with Gasteiger partial charge in [0, 0.05) is 5.92 Å². The van der Waals surface area contributed by atoms with Crippen LogP contribution in [0.25, 0.3) is 0 Å². The molecular formula is C11H18O3. The molecule has 1 fully saturated rings. The van der Waals surface area contributed by atoms with E-state index in [0.717, 1.165) is 6.29 Å². The van der Waals surface area contributed by atoms with Crippen molar-refractivity contribution in [2.75, 3.05) is 0 Å². The van der Waals surface area contributed by atoms with E-state index in [1.165, 1.54) is 0 Å². The van der Waals surface area contributed by atoms with Gasteiger partial charge in [0.25, 0.3) is 0 Å². The maximum atomic E-state index is 11.6. The molecule has 0 bridgehead atoms. The number of aldehydes is 1. The summed E-state index contributed by atoms with van der Waals surface area (Å²) in [6.07, 6.45) is 0.856. The predicted molar refractivity (Wildman–Crippen MR) is 52.7 cm³/mol. The summed E-state index contributed by atoms with van der Waals surface area (Å²) in [4.78, 5) is 22.3. The number of carbonyl (C=O) groups excluding carboxylic acids is 2. The van der Waals surface area contributed by atoms with Crippen molar-refractivity contribution in [1.82, 2.24) is 0 Å². The van der Waals surface area contributed by atoms with E-state index < -0.39 is 5.60 Å². The molecule has 0 aromatic carbocycles. The Bertz CT molecular complexity index is 260. The number of hydrogen-bond acceptors (Lipinski definition) is 3. The van der Waals surface area contributed by atoms with Crippen molar-refractivity contribution in [2.45, 2.75) is 40.2 Å². The highest BCUT2D eigenvalue weighted by atomic mass is 16.6. The van der Waals surface area contributed by atoms with E-state index in [1.54, 1.807) is 0 Å². The van der Waals surface area contributed by atoms with Crippen molar-refractivity contribution in [2.24, 2.45) is 17.3 Å². The fourth-order valence-corrected chi connectivity index (χ4v) is 1.75. The van der Waals surface area contributed by atoms with Gasteiger partial charge in [-0.2, -0.15) is 0 Å². The first-order valence-corrected chi connectivity index (χ1v) is 4.88. The minimum atomic E-state index is -0.469. The quantitative estimate of drug-likeness (QED) is 0.502. The summed E-state index contributed by atoms with van der Waals surface area (Å²) in [7, 11) is 0. The molecule has 0 saturated heterocycles. The number of esters is 1. The molecule has 1 saturated carbocycles. The van der Waals surface area contributed by atoms with Crippen LogP contribution in [0.4, 0.5) is 0 Å². The van der Waals surface area contributed by atoms with Crippen molar-refractivity contribution in [3.63, 3.8) is 0 Å². The van der Waals surface area contributed by atoms with Crippen LogP contribution in [0.5, 0.6) is 0 Å². The SMILES string of the molecule is CC(C)(C)OC(=O)[C@H]1[C@H](C=O)C1(C)C. The lowest BCUT2D eigenvalue weighted by molar-refractivity contribution is -0.157. The molecule has 3 nitrogen and oxygen atoms in total. The molecule has 0 unspecified atom stereocenters. The van der Waals surface area contributed by atoms with Gasteiger partial charge in [-0.1, -0.05) is 13.8 Å². The van der Waals surface area contributed by atoms with E-state index in [1.807, 2.05) is 34.6 Å². The Labute approximate surface area is 84.8 Å². The van der Waals surface area contributed by atoms with Crippen LogP contribution in [-0.4, -0.2) is 17.9 Å². The number of rotatable bonds is 2. The third-order valence-corrected chi connectivity index (χ3v) is 2.72. The second-order valence-corrected chi connectivity index (χ2v) is 5.49. The second kappa shape index (κ2) is 3.07. The molecule has 0 spiro atoms. The van der Waals surface area contributed by atoms with Crippen LogP contribution in [0.1, 0.15) is 34.6 Å². The largest absolute Gasteiger partial charge is 0.460 e. The van der Waals surface area contributed by atoms with Gasteiger partial charge in [-0.05, 0) is 26.2 Å². The molecule has 1 rings (SSSR count). The summed E-state index contributed by atoms with van der Waals surface area (Å²) in [6, 6.07) is 0. The lowest BCUT2D eigenvalue weighted by Gasteiger charge is -2.19. The third kappa shape index (κ3) is 1.97. The van der Waals surface area contributed by atoms with Crippen molar-refractivity contribution in [3.8, 4) is 0 Å². The molecule has 3 heteroatoms. The summed E-state index contributed by atoms with van der Waals surface area (Å²) in [5.74, 6) is -0.670. The Morgan fingerprint density at radius 1 is 1.36 bits per heavy atom. The fraction of sp³-hybridized carbons (Fsp3) is 0.818. The first kappa shape index (κ1) is 11.2. The highest BCUT2D eigenvalue weighted by Crippen LogP contribution is 2.57. The molecule has 14 heavy (non-hydrogen) atoms. The topological polar surface area (TPSA) is 43.4 Å². The van der Waals surface area contributed by atoms with Crippen molar-refractivity contribution >= 4 is 12.3 Å². The van der Waals surface area contributed by atoms with Crippen molar-refractivity contribution in [1.29, 1.82) is 0 Å². The van der Waals surface area contributed by atoms with E-state index in [0.29, 0.717) is 0 Å². The highest BCUT2D eigenvalue weighted by Gasteiger charge is 2.63. The lowest BCUT2D eigenvalue weighted by atomic mass is 10.1. The zero-order chi connectivity index (χ0) is 11.1. The van der Waals surface area contributed by atoms with Crippen LogP contribution in [0.2, 0.25) is 0 Å². The normalized spacial score (nSPS) is 29.5. The van der Waals surface area contributed by atoms with Crippen molar-refractivity contribution in [3.05, 3.63) is 0 Å². The Kier molecular flexibility index (Phi) is 2.46. The number of ether oxygens (including phenoxy) is 1. The van der Waals surface area contributed by atoms with Gasteiger partial charge < -0.3 is 9.53 Å². The van der Waals surface area contributed by atoms with Gasteiger partial charge in [0.2, 0.25) is 0 Å². The molecule has 0 aliphatic heterocycles. The summed E-state index contributed by atoms with van der Waals surface area (Å²) in [5.41, 5.74) is -0.687. The average molecular weight is 198 g/mol. The maximum absolute atomic E-state index is 11.6. The molecule has 0 radical (unpaired) electrons. The zero-order valence-electron chi connectivity index (χ0n) is 9.46. The summed E-state index contributed by atoms with van der Waals surface area (Å²) in [5, 5.41) is 0. The first-order valence-electron chi connectivity index (χ1n) is 4.88. The molecule has 0 aromatic rings. The fourth-order valence-electron chi connectivity index (χ4n) is 1.75. The van der Waals surface area contributed by atoms with Gasteiger partial charge in [0.05, 0.1) is 5.92 Å². The monoisotopic (exact) mass is 198 g/mol. The molecule has 2 atom stereocenters. The van der Waals surface area contributed by atoms with Crippen molar-refractivity contribution < 1.29 is 14.3 Å². The standard InChI is InChI=1S/C11H18O3/c1-10(2,3)14-9(13)8-7(6-12)11(8,4)5/h6-8H,1-5H3/t7-,8+/m0/s1. The highest BCUT2D eigenvalue weighted by molar-refractivity contribution is 5.84. The Balaban J connectivity index is 2.62. The first-order chi connectivity index (χ1) is 6.20. The molecule has 1 aliphatic carbocycles. The van der Waals surface area contributed by atoms with Crippen LogP contribution in [0.3, 0.4) is 0 Å². The lowest BCUT2D eigenvalue weighted by Crippen LogP contribution is -2.26. The molecule has 0 heterocycles. The van der Waals surface area contributed by atoms with Crippen LogP contribution in [0, 0.1) is 17.3 Å². The maximum Gasteiger partial charge on any atom is 0.310 e. The van der Waals surface area contributed by atoms with Gasteiger partial charge in [-0.3, -0.25) is 4.79 Å².